The molecule has 0 atom stereocenters. The van der Waals surface area contributed by atoms with Crippen LogP contribution in [0.15, 0.2) is 0 Å². The minimum Gasteiger partial charge on any atom is -0.300 e. The maximum Gasteiger partial charge on any atom is 0.0351 e. The Hall–Kier alpha value is 0.250. The molecule has 0 saturated heterocycles. The highest BCUT2D eigenvalue weighted by atomic mass is 35.5. The van der Waals surface area contributed by atoms with Gasteiger partial charge in [0.15, 0.2) is 0 Å². The van der Waals surface area contributed by atoms with Gasteiger partial charge in [0.1, 0.15) is 0 Å². The number of hydrogen-bond donors (Lipinski definition) is 0. The third-order valence-electron chi connectivity index (χ3n) is 2.32. The molecule has 0 bridgehead atoms. The monoisotopic (exact) mass is 163 g/mol. The van der Waals surface area contributed by atoms with Gasteiger partial charge in [-0.25, -0.2) is 0 Å². The maximum absolute atomic E-state index is 5.62. The quantitative estimate of drug-likeness (QED) is 0.576. The number of halogens is 1. The van der Waals surface area contributed by atoms with Crippen LogP contribution >= 0.6 is 11.6 Å². The van der Waals surface area contributed by atoms with Crippen LogP contribution in [0.4, 0.5) is 0 Å². The average Bonchev–Trinajstić information content (AvgIpc) is 1.89. The minimum atomic E-state index is 0.300. The zero-order valence-corrected chi connectivity index (χ0v) is 8.20. The molecule has 0 saturated carbocycles. The molecular formula is C8H18ClN. The van der Waals surface area contributed by atoms with Crippen LogP contribution < -0.4 is 0 Å². The molecule has 0 aliphatic carbocycles. The molecular weight excluding hydrogens is 146 g/mol. The van der Waals surface area contributed by atoms with Crippen molar-refractivity contribution in [3.05, 3.63) is 0 Å². The van der Waals surface area contributed by atoms with Gasteiger partial charge in [0, 0.05) is 18.0 Å². The second-order valence-corrected chi connectivity index (χ2v) is 3.65. The fourth-order valence-corrected chi connectivity index (χ4v) is 0.953. The lowest BCUT2D eigenvalue weighted by Crippen LogP contribution is -2.41. The largest absolute Gasteiger partial charge is 0.300 e. The van der Waals surface area contributed by atoms with Crippen LogP contribution in [0.3, 0.4) is 0 Å². The smallest absolute Gasteiger partial charge is 0.0351 e. The van der Waals surface area contributed by atoms with Gasteiger partial charge in [-0.05, 0) is 27.3 Å². The van der Waals surface area contributed by atoms with Crippen LogP contribution in [-0.2, 0) is 0 Å². The van der Waals surface area contributed by atoms with E-state index >= 15 is 0 Å². The van der Waals surface area contributed by atoms with E-state index in [0.29, 0.717) is 5.54 Å². The van der Waals surface area contributed by atoms with Crippen molar-refractivity contribution < 1.29 is 0 Å². The van der Waals surface area contributed by atoms with Crippen molar-refractivity contribution in [2.45, 2.75) is 32.7 Å². The first-order chi connectivity index (χ1) is 4.54. The van der Waals surface area contributed by atoms with Crippen molar-refractivity contribution in [3.8, 4) is 0 Å². The van der Waals surface area contributed by atoms with Crippen molar-refractivity contribution in [3.63, 3.8) is 0 Å². The average molecular weight is 164 g/mol. The summed E-state index contributed by atoms with van der Waals surface area (Å²) in [6.07, 6.45) is 1.17. The van der Waals surface area contributed by atoms with E-state index in [1.165, 1.54) is 6.42 Å². The Bertz CT molecular complexity index is 91.3. The first-order valence-corrected chi connectivity index (χ1v) is 4.35. The molecule has 0 aromatic heterocycles. The molecule has 10 heavy (non-hydrogen) atoms. The van der Waals surface area contributed by atoms with E-state index in [9.17, 15) is 0 Å². The van der Waals surface area contributed by atoms with Gasteiger partial charge in [0.2, 0.25) is 0 Å². The Morgan fingerprint density at radius 3 is 2.20 bits per heavy atom. The van der Waals surface area contributed by atoms with Crippen LogP contribution in [-0.4, -0.2) is 29.9 Å². The van der Waals surface area contributed by atoms with Crippen molar-refractivity contribution in [1.82, 2.24) is 4.90 Å². The molecule has 0 amide bonds. The van der Waals surface area contributed by atoms with Gasteiger partial charge in [-0.15, -0.1) is 11.6 Å². The van der Waals surface area contributed by atoms with Gasteiger partial charge >= 0.3 is 0 Å². The second kappa shape index (κ2) is 4.20. The lowest BCUT2D eigenvalue weighted by Gasteiger charge is -2.34. The summed E-state index contributed by atoms with van der Waals surface area (Å²) in [5.41, 5.74) is 0.300. The van der Waals surface area contributed by atoms with E-state index in [1.54, 1.807) is 0 Å². The summed E-state index contributed by atoms with van der Waals surface area (Å²) in [6, 6.07) is 0. The molecule has 0 rings (SSSR count). The van der Waals surface area contributed by atoms with Crippen molar-refractivity contribution >= 4 is 11.6 Å². The summed E-state index contributed by atoms with van der Waals surface area (Å²) in [5, 5.41) is 0. The first-order valence-electron chi connectivity index (χ1n) is 3.81. The van der Waals surface area contributed by atoms with E-state index in [-0.39, 0.29) is 0 Å². The summed E-state index contributed by atoms with van der Waals surface area (Å²) in [6.45, 7) is 7.65. The van der Waals surface area contributed by atoms with Crippen LogP contribution in [0.1, 0.15) is 27.2 Å². The standard InChI is InChI=1S/C8H18ClN/c1-5-8(2,3)10(4)7-6-9/h5-7H2,1-4H3. The summed E-state index contributed by atoms with van der Waals surface area (Å²) < 4.78 is 0. The van der Waals surface area contributed by atoms with E-state index in [4.69, 9.17) is 11.6 Å². The molecule has 0 radical (unpaired) electrons. The second-order valence-electron chi connectivity index (χ2n) is 3.28. The van der Waals surface area contributed by atoms with E-state index < -0.39 is 0 Å². The van der Waals surface area contributed by atoms with Gasteiger partial charge in [0.25, 0.3) is 0 Å². The molecule has 0 heterocycles. The molecule has 0 fully saturated rings. The highest BCUT2D eigenvalue weighted by Gasteiger charge is 2.19. The van der Waals surface area contributed by atoms with Crippen LogP contribution in [0.25, 0.3) is 0 Å². The van der Waals surface area contributed by atoms with Gasteiger partial charge < -0.3 is 4.90 Å². The summed E-state index contributed by atoms with van der Waals surface area (Å²) >= 11 is 5.62. The third-order valence-corrected chi connectivity index (χ3v) is 2.49. The Balaban J connectivity index is 3.78. The molecule has 62 valence electrons. The van der Waals surface area contributed by atoms with Crippen LogP contribution in [0, 0.1) is 0 Å². The summed E-state index contributed by atoms with van der Waals surface area (Å²) in [4.78, 5) is 2.29. The fourth-order valence-electron chi connectivity index (χ4n) is 0.699. The summed E-state index contributed by atoms with van der Waals surface area (Å²) in [5.74, 6) is 0.722. The highest BCUT2D eigenvalue weighted by molar-refractivity contribution is 6.18. The molecule has 0 aromatic carbocycles. The van der Waals surface area contributed by atoms with Gasteiger partial charge in [-0.1, -0.05) is 6.92 Å². The highest BCUT2D eigenvalue weighted by Crippen LogP contribution is 2.15. The van der Waals surface area contributed by atoms with Crippen molar-refractivity contribution in [1.29, 1.82) is 0 Å². The van der Waals surface area contributed by atoms with Crippen molar-refractivity contribution in [2.75, 3.05) is 19.5 Å². The number of hydrogen-bond acceptors (Lipinski definition) is 1. The van der Waals surface area contributed by atoms with Crippen LogP contribution in [0.5, 0.6) is 0 Å². The number of nitrogens with zero attached hydrogens (tertiary/aromatic N) is 1. The van der Waals surface area contributed by atoms with Gasteiger partial charge in [0.05, 0.1) is 0 Å². The molecule has 0 spiro atoms. The third kappa shape index (κ3) is 2.89. The van der Waals surface area contributed by atoms with E-state index in [0.717, 1.165) is 12.4 Å². The van der Waals surface area contributed by atoms with Crippen molar-refractivity contribution in [2.24, 2.45) is 0 Å². The lowest BCUT2D eigenvalue weighted by molar-refractivity contribution is 0.160. The molecule has 0 aromatic rings. The number of alkyl halides is 1. The molecule has 0 aliphatic rings. The van der Waals surface area contributed by atoms with Gasteiger partial charge in [-0.3, -0.25) is 0 Å². The molecule has 2 heteroatoms. The normalized spacial score (nSPS) is 12.6. The topological polar surface area (TPSA) is 3.24 Å². The predicted octanol–water partition coefficient (Wildman–Crippen LogP) is 2.35. The lowest BCUT2D eigenvalue weighted by atomic mass is 10.0. The Labute approximate surface area is 69.4 Å². The SMILES string of the molecule is CCC(C)(C)N(C)CCCl. The fraction of sp³-hybridized carbons (Fsp3) is 1.00. The maximum atomic E-state index is 5.62. The van der Waals surface area contributed by atoms with Gasteiger partial charge in [-0.2, -0.15) is 0 Å². The first kappa shape index (κ1) is 10.2. The Morgan fingerprint density at radius 1 is 1.40 bits per heavy atom. The zero-order chi connectivity index (χ0) is 8.20. The summed E-state index contributed by atoms with van der Waals surface area (Å²) in [7, 11) is 2.12. The molecule has 0 unspecified atom stereocenters. The molecule has 0 N–H and O–H groups in total. The van der Waals surface area contributed by atoms with E-state index in [1.807, 2.05) is 0 Å². The predicted molar refractivity (Wildman–Crippen MR) is 47.7 cm³/mol. The zero-order valence-electron chi connectivity index (χ0n) is 7.45. The Kier molecular flexibility index (Phi) is 4.30. The number of rotatable bonds is 4. The minimum absolute atomic E-state index is 0.300. The molecule has 1 nitrogen and oxygen atoms in total. The Morgan fingerprint density at radius 2 is 1.90 bits per heavy atom. The molecule has 0 aliphatic heterocycles. The van der Waals surface area contributed by atoms with E-state index in [2.05, 4.69) is 32.7 Å². The van der Waals surface area contributed by atoms with Crippen LogP contribution in [0.2, 0.25) is 0 Å².